The zero-order chi connectivity index (χ0) is 21.9. The molecule has 0 spiro atoms. The number of carbonyl (C=O) groups is 1. The lowest BCUT2D eigenvalue weighted by molar-refractivity contribution is -0.114. The van der Waals surface area contributed by atoms with Crippen LogP contribution in [-0.2, 0) is 11.3 Å². The van der Waals surface area contributed by atoms with Gasteiger partial charge in [0.2, 0.25) is 5.91 Å². The third-order valence-corrected chi connectivity index (χ3v) is 3.95. The van der Waals surface area contributed by atoms with E-state index in [9.17, 15) is 13.6 Å². The van der Waals surface area contributed by atoms with Gasteiger partial charge in [0.05, 0.1) is 6.54 Å². The van der Waals surface area contributed by atoms with Crippen molar-refractivity contribution >= 4 is 41.5 Å². The number of rotatable bonds is 9. The maximum atomic E-state index is 12.2. The molecule has 10 heteroatoms. The summed E-state index contributed by atoms with van der Waals surface area (Å²) in [4.78, 5) is 17.3. The van der Waals surface area contributed by atoms with Gasteiger partial charge in [-0.2, -0.15) is 8.78 Å². The monoisotopic (exact) mass is 548 g/mol. The van der Waals surface area contributed by atoms with Crippen LogP contribution < -0.4 is 20.1 Å². The van der Waals surface area contributed by atoms with E-state index in [4.69, 9.17) is 4.74 Å². The lowest BCUT2D eigenvalue weighted by atomic mass is 10.2. The van der Waals surface area contributed by atoms with Crippen LogP contribution in [0.3, 0.4) is 0 Å². The Labute approximate surface area is 197 Å². The number of nitrogens with one attached hydrogen (secondary N) is 2. The number of amides is 1. The number of anilines is 1. The van der Waals surface area contributed by atoms with Gasteiger partial charge in [0, 0.05) is 39.3 Å². The molecule has 170 valence electrons. The molecule has 0 aromatic heterocycles. The predicted octanol–water partition coefficient (Wildman–Crippen LogP) is 3.95. The SMILES string of the molecule is CN=C(NCCOc1cccc(NC(C)=O)c1)N(C)Cc1ccc(OC(F)F)cc1.I. The molecule has 0 fully saturated rings. The van der Waals surface area contributed by atoms with Crippen molar-refractivity contribution < 1.29 is 23.0 Å². The van der Waals surface area contributed by atoms with Crippen LogP contribution in [0.4, 0.5) is 14.5 Å². The van der Waals surface area contributed by atoms with E-state index in [-0.39, 0.29) is 35.6 Å². The fourth-order valence-electron chi connectivity index (χ4n) is 2.71. The van der Waals surface area contributed by atoms with E-state index in [1.165, 1.54) is 19.1 Å². The average Bonchev–Trinajstić information content (AvgIpc) is 2.69. The van der Waals surface area contributed by atoms with Crippen LogP contribution in [0.2, 0.25) is 0 Å². The second kappa shape index (κ2) is 13.6. The molecule has 2 rings (SSSR count). The van der Waals surface area contributed by atoms with Crippen LogP contribution in [-0.4, -0.2) is 50.6 Å². The van der Waals surface area contributed by atoms with Crippen molar-refractivity contribution in [3.8, 4) is 11.5 Å². The standard InChI is InChI=1S/C21H26F2N4O3.HI/c1-15(28)26-17-5-4-6-19(13-17)29-12-11-25-21(24-2)27(3)14-16-7-9-18(10-8-16)30-20(22)23;/h4-10,13,20H,11-12,14H2,1-3H3,(H,24,25)(H,26,28);1H. The summed E-state index contributed by atoms with van der Waals surface area (Å²) in [6, 6.07) is 13.6. The lowest BCUT2D eigenvalue weighted by Crippen LogP contribution is -2.40. The smallest absolute Gasteiger partial charge is 0.387 e. The first-order chi connectivity index (χ1) is 14.4. The number of aliphatic imine (C=N–C) groups is 1. The molecule has 2 N–H and O–H groups in total. The molecule has 0 saturated carbocycles. The Morgan fingerprint density at radius 3 is 2.48 bits per heavy atom. The summed E-state index contributed by atoms with van der Waals surface area (Å²) in [6.07, 6.45) is 0. The van der Waals surface area contributed by atoms with Crippen molar-refractivity contribution in [3.63, 3.8) is 0 Å². The quantitative estimate of drug-likeness (QED) is 0.215. The number of guanidine groups is 1. The van der Waals surface area contributed by atoms with Gasteiger partial charge >= 0.3 is 6.61 Å². The van der Waals surface area contributed by atoms with E-state index in [1.807, 2.05) is 18.0 Å². The summed E-state index contributed by atoms with van der Waals surface area (Å²) >= 11 is 0. The van der Waals surface area contributed by atoms with Crippen LogP contribution in [0, 0.1) is 0 Å². The molecule has 31 heavy (non-hydrogen) atoms. The van der Waals surface area contributed by atoms with E-state index in [2.05, 4.69) is 20.4 Å². The minimum atomic E-state index is -2.84. The van der Waals surface area contributed by atoms with Gasteiger partial charge in [-0.05, 0) is 29.8 Å². The summed E-state index contributed by atoms with van der Waals surface area (Å²) in [7, 11) is 3.55. The second-order valence-electron chi connectivity index (χ2n) is 6.41. The Balaban J connectivity index is 0.00000480. The summed E-state index contributed by atoms with van der Waals surface area (Å²) in [5.74, 6) is 1.30. The molecule has 0 heterocycles. The molecule has 2 aromatic rings. The molecule has 1 amide bonds. The first-order valence-corrected chi connectivity index (χ1v) is 9.33. The van der Waals surface area contributed by atoms with Crippen LogP contribution in [0.1, 0.15) is 12.5 Å². The molecule has 0 bridgehead atoms. The number of carbonyl (C=O) groups excluding carboxylic acids is 1. The first kappa shape index (κ1) is 26.4. The molecule has 0 aliphatic carbocycles. The van der Waals surface area contributed by atoms with Crippen LogP contribution in [0.25, 0.3) is 0 Å². The van der Waals surface area contributed by atoms with Crippen LogP contribution in [0.15, 0.2) is 53.5 Å². The van der Waals surface area contributed by atoms with Gasteiger partial charge in [0.15, 0.2) is 5.96 Å². The fraction of sp³-hybridized carbons (Fsp3) is 0.333. The molecule has 0 radical (unpaired) electrons. The third kappa shape index (κ3) is 9.81. The minimum Gasteiger partial charge on any atom is -0.492 e. The third-order valence-electron chi connectivity index (χ3n) is 3.95. The molecular formula is C21H27F2IN4O3. The second-order valence-corrected chi connectivity index (χ2v) is 6.41. The molecular weight excluding hydrogens is 521 g/mol. The molecule has 0 saturated heterocycles. The van der Waals surface area contributed by atoms with Gasteiger partial charge in [-0.1, -0.05) is 18.2 Å². The van der Waals surface area contributed by atoms with Gasteiger partial charge in [-0.3, -0.25) is 9.79 Å². The molecule has 7 nitrogen and oxygen atoms in total. The summed E-state index contributed by atoms with van der Waals surface area (Å²) in [5.41, 5.74) is 1.60. The van der Waals surface area contributed by atoms with Gasteiger partial charge < -0.3 is 25.0 Å². The van der Waals surface area contributed by atoms with E-state index < -0.39 is 6.61 Å². The highest BCUT2D eigenvalue weighted by Crippen LogP contribution is 2.17. The number of halogens is 3. The lowest BCUT2D eigenvalue weighted by Gasteiger charge is -2.22. The van der Waals surface area contributed by atoms with E-state index in [1.54, 1.807) is 37.4 Å². The Kier molecular flexibility index (Phi) is 11.6. The largest absolute Gasteiger partial charge is 0.492 e. The van der Waals surface area contributed by atoms with Crippen molar-refractivity contribution in [2.75, 3.05) is 32.6 Å². The van der Waals surface area contributed by atoms with Crippen molar-refractivity contribution in [1.82, 2.24) is 10.2 Å². The summed E-state index contributed by atoms with van der Waals surface area (Å²) in [5, 5.41) is 5.91. The molecule has 0 atom stereocenters. The molecule has 0 aliphatic rings. The van der Waals surface area contributed by atoms with Crippen molar-refractivity contribution in [3.05, 3.63) is 54.1 Å². The maximum absolute atomic E-state index is 12.2. The topological polar surface area (TPSA) is 75.2 Å². The zero-order valence-corrected chi connectivity index (χ0v) is 19.9. The van der Waals surface area contributed by atoms with Gasteiger partial charge in [-0.15, -0.1) is 24.0 Å². The van der Waals surface area contributed by atoms with Gasteiger partial charge in [0.1, 0.15) is 18.1 Å². The predicted molar refractivity (Wildman–Crippen MR) is 128 cm³/mol. The number of hydrogen-bond donors (Lipinski definition) is 2. The molecule has 0 aliphatic heterocycles. The Hall–Kier alpha value is -2.63. The van der Waals surface area contributed by atoms with Crippen LogP contribution in [0.5, 0.6) is 11.5 Å². The Bertz CT molecular complexity index is 851. The van der Waals surface area contributed by atoms with E-state index in [0.717, 1.165) is 5.56 Å². The maximum Gasteiger partial charge on any atom is 0.387 e. The number of hydrogen-bond acceptors (Lipinski definition) is 4. The minimum absolute atomic E-state index is 0. The number of alkyl halides is 2. The van der Waals surface area contributed by atoms with Crippen LogP contribution >= 0.6 is 24.0 Å². The normalized spacial score (nSPS) is 10.8. The number of nitrogens with zero attached hydrogens (tertiary/aromatic N) is 2. The van der Waals surface area contributed by atoms with Gasteiger partial charge in [-0.25, -0.2) is 0 Å². The first-order valence-electron chi connectivity index (χ1n) is 9.33. The Morgan fingerprint density at radius 1 is 1.16 bits per heavy atom. The van der Waals surface area contributed by atoms with Crippen molar-refractivity contribution in [2.45, 2.75) is 20.1 Å². The fourth-order valence-corrected chi connectivity index (χ4v) is 2.71. The average molecular weight is 548 g/mol. The number of ether oxygens (including phenoxy) is 2. The highest BCUT2D eigenvalue weighted by molar-refractivity contribution is 14.0. The van der Waals surface area contributed by atoms with Crippen molar-refractivity contribution in [1.29, 1.82) is 0 Å². The van der Waals surface area contributed by atoms with Gasteiger partial charge in [0.25, 0.3) is 0 Å². The highest BCUT2D eigenvalue weighted by Gasteiger charge is 2.08. The Morgan fingerprint density at radius 2 is 1.87 bits per heavy atom. The van der Waals surface area contributed by atoms with E-state index >= 15 is 0 Å². The number of benzene rings is 2. The molecule has 0 unspecified atom stereocenters. The summed E-state index contributed by atoms with van der Waals surface area (Å²) < 4.78 is 34.5. The zero-order valence-electron chi connectivity index (χ0n) is 17.6. The highest BCUT2D eigenvalue weighted by atomic mass is 127. The van der Waals surface area contributed by atoms with E-state index in [0.29, 0.717) is 37.1 Å². The molecule has 2 aromatic carbocycles. The summed E-state index contributed by atoms with van der Waals surface area (Å²) in [6.45, 7) is 0.0643. The van der Waals surface area contributed by atoms with Crippen molar-refractivity contribution in [2.24, 2.45) is 4.99 Å².